The lowest BCUT2D eigenvalue weighted by Crippen LogP contribution is -2.36. The number of ether oxygens (including phenoxy) is 1. The summed E-state index contributed by atoms with van der Waals surface area (Å²) >= 11 is 0. The smallest absolute Gasteiger partial charge is 0.253 e. The van der Waals surface area contributed by atoms with Gasteiger partial charge in [-0.1, -0.05) is 56.7 Å². The molecular weight excluding hydrogens is 372 g/mol. The third-order valence-electron chi connectivity index (χ3n) is 5.80. The van der Waals surface area contributed by atoms with Crippen LogP contribution in [0.3, 0.4) is 0 Å². The molecule has 156 valence electrons. The lowest BCUT2D eigenvalue weighted by molar-refractivity contribution is 0.0744. The van der Waals surface area contributed by atoms with Crippen LogP contribution in [0.1, 0.15) is 60.7 Å². The van der Waals surface area contributed by atoms with E-state index in [2.05, 4.69) is 68.2 Å². The fourth-order valence-corrected chi connectivity index (χ4v) is 3.90. The first kappa shape index (κ1) is 20.4. The van der Waals surface area contributed by atoms with Gasteiger partial charge < -0.3 is 9.64 Å². The molecule has 2 aromatic carbocycles. The van der Waals surface area contributed by atoms with Crippen LogP contribution in [0.25, 0.3) is 6.08 Å². The summed E-state index contributed by atoms with van der Waals surface area (Å²) in [5, 5.41) is 0. The summed E-state index contributed by atoms with van der Waals surface area (Å²) in [5.41, 5.74) is 5.74. The highest BCUT2D eigenvalue weighted by Gasteiger charge is 2.21. The van der Waals surface area contributed by atoms with Crippen molar-refractivity contribution in [2.75, 3.05) is 26.2 Å². The number of hydrogen-bond donors (Lipinski definition) is 0. The number of benzene rings is 2. The molecule has 4 rings (SSSR count). The topological polar surface area (TPSA) is 41.9 Å². The van der Waals surface area contributed by atoms with Crippen molar-refractivity contribution in [3.63, 3.8) is 0 Å². The van der Waals surface area contributed by atoms with Crippen LogP contribution in [0.15, 0.2) is 59.1 Å². The summed E-state index contributed by atoms with van der Waals surface area (Å²) in [5.74, 6) is 0.882. The Balaban J connectivity index is 1.35. The second-order valence-corrected chi connectivity index (χ2v) is 9.08. The number of likely N-dealkylation sites (tertiary alicyclic amines) is 1. The molecule has 2 aromatic rings. The predicted octanol–water partition coefficient (Wildman–Crippen LogP) is 5.08. The van der Waals surface area contributed by atoms with E-state index in [4.69, 9.17) is 4.74 Å². The Hall–Kier alpha value is -2.88. The molecule has 30 heavy (non-hydrogen) atoms. The highest BCUT2D eigenvalue weighted by atomic mass is 16.5. The van der Waals surface area contributed by atoms with Crippen LogP contribution in [0.5, 0.6) is 0 Å². The normalized spacial score (nSPS) is 16.8. The van der Waals surface area contributed by atoms with Crippen molar-refractivity contribution in [2.24, 2.45) is 4.99 Å². The number of carbonyl (C=O) groups excluding carboxylic acids is 1. The van der Waals surface area contributed by atoms with Crippen LogP contribution < -0.4 is 0 Å². The molecule has 1 amide bonds. The van der Waals surface area contributed by atoms with Crippen molar-refractivity contribution in [3.8, 4) is 0 Å². The van der Waals surface area contributed by atoms with E-state index in [1.165, 1.54) is 16.7 Å². The van der Waals surface area contributed by atoms with Crippen molar-refractivity contribution in [1.29, 1.82) is 0 Å². The molecule has 0 aromatic heterocycles. The van der Waals surface area contributed by atoms with E-state index >= 15 is 0 Å². The lowest BCUT2D eigenvalue weighted by Gasteiger charge is -2.29. The number of aliphatic imine (C=N–C) groups is 1. The van der Waals surface area contributed by atoms with E-state index in [0.29, 0.717) is 6.61 Å². The van der Waals surface area contributed by atoms with Crippen molar-refractivity contribution in [1.82, 2.24) is 4.90 Å². The average molecular weight is 403 g/mol. The highest BCUT2D eigenvalue weighted by Crippen LogP contribution is 2.24. The molecule has 2 heterocycles. The second kappa shape index (κ2) is 8.47. The van der Waals surface area contributed by atoms with Gasteiger partial charge in [-0.25, -0.2) is 4.99 Å². The van der Waals surface area contributed by atoms with Gasteiger partial charge in [0.25, 0.3) is 5.91 Å². The van der Waals surface area contributed by atoms with Gasteiger partial charge in [0.15, 0.2) is 0 Å². The third kappa shape index (κ3) is 4.64. The van der Waals surface area contributed by atoms with Gasteiger partial charge >= 0.3 is 0 Å². The highest BCUT2D eigenvalue weighted by molar-refractivity contribution is 5.95. The second-order valence-electron chi connectivity index (χ2n) is 9.08. The van der Waals surface area contributed by atoms with Crippen LogP contribution in [0, 0.1) is 0 Å². The molecule has 1 fully saturated rings. The molecule has 0 atom stereocenters. The van der Waals surface area contributed by atoms with Gasteiger partial charge in [0, 0.05) is 24.2 Å². The maximum Gasteiger partial charge on any atom is 0.253 e. The summed E-state index contributed by atoms with van der Waals surface area (Å²) in [6, 6.07) is 16.4. The monoisotopic (exact) mass is 402 g/mol. The maximum atomic E-state index is 12.9. The zero-order valence-electron chi connectivity index (χ0n) is 18.1. The number of hydrogen-bond acceptors (Lipinski definition) is 3. The summed E-state index contributed by atoms with van der Waals surface area (Å²) in [6.07, 6.45) is 4.09. The van der Waals surface area contributed by atoms with Crippen molar-refractivity contribution >= 4 is 17.9 Å². The zero-order chi connectivity index (χ0) is 21.1. The van der Waals surface area contributed by atoms with Gasteiger partial charge in [0.1, 0.15) is 6.61 Å². The molecule has 0 saturated carbocycles. The maximum absolute atomic E-state index is 12.9. The first-order valence-corrected chi connectivity index (χ1v) is 10.8. The van der Waals surface area contributed by atoms with E-state index in [-0.39, 0.29) is 11.3 Å². The van der Waals surface area contributed by atoms with Gasteiger partial charge in [-0.15, -0.1) is 0 Å². The Bertz CT molecular complexity index is 954. The van der Waals surface area contributed by atoms with Gasteiger partial charge in [-0.3, -0.25) is 4.79 Å². The van der Waals surface area contributed by atoms with E-state index in [1.807, 2.05) is 17.0 Å². The summed E-state index contributed by atoms with van der Waals surface area (Å²) in [4.78, 5) is 19.2. The van der Waals surface area contributed by atoms with Crippen molar-refractivity contribution in [2.45, 2.75) is 39.0 Å². The number of rotatable bonds is 3. The molecule has 0 unspecified atom stereocenters. The minimum atomic E-state index is 0.0994. The SMILES string of the molecule is CC(C)(C)c1ccc(C(=O)N2CCC(=Cc3ccc(C4=NCCO4)cc3)CC2)cc1. The third-order valence-corrected chi connectivity index (χ3v) is 5.80. The number of amides is 1. The van der Waals surface area contributed by atoms with Gasteiger partial charge in [0.05, 0.1) is 6.54 Å². The van der Waals surface area contributed by atoms with Crippen LogP contribution >= 0.6 is 0 Å². The fraction of sp³-hybridized carbons (Fsp3) is 0.385. The molecule has 1 saturated heterocycles. The Labute approximate surface area is 179 Å². The lowest BCUT2D eigenvalue weighted by atomic mass is 9.86. The van der Waals surface area contributed by atoms with E-state index < -0.39 is 0 Å². The Morgan fingerprint density at radius 2 is 1.67 bits per heavy atom. The van der Waals surface area contributed by atoms with Crippen LogP contribution in [0.4, 0.5) is 0 Å². The summed E-state index contributed by atoms with van der Waals surface area (Å²) < 4.78 is 5.52. The van der Waals surface area contributed by atoms with Crippen molar-refractivity contribution in [3.05, 3.63) is 76.4 Å². The summed E-state index contributed by atoms with van der Waals surface area (Å²) in [6.45, 7) is 9.53. The number of piperidine rings is 1. The largest absolute Gasteiger partial charge is 0.476 e. The molecule has 2 aliphatic rings. The molecule has 4 heteroatoms. The van der Waals surface area contributed by atoms with Gasteiger partial charge in [-0.2, -0.15) is 0 Å². The quantitative estimate of drug-likeness (QED) is 0.718. The predicted molar refractivity (Wildman–Crippen MR) is 122 cm³/mol. The van der Waals surface area contributed by atoms with Crippen LogP contribution in [-0.2, 0) is 10.2 Å². The Morgan fingerprint density at radius 3 is 2.23 bits per heavy atom. The summed E-state index contributed by atoms with van der Waals surface area (Å²) in [7, 11) is 0. The molecule has 4 nitrogen and oxygen atoms in total. The first-order valence-electron chi connectivity index (χ1n) is 10.8. The van der Waals surface area contributed by atoms with E-state index in [0.717, 1.165) is 49.5 Å². The average Bonchev–Trinajstić information content (AvgIpc) is 3.29. The van der Waals surface area contributed by atoms with Crippen LogP contribution in [-0.4, -0.2) is 42.9 Å². The van der Waals surface area contributed by atoms with Gasteiger partial charge in [0.2, 0.25) is 5.90 Å². The first-order chi connectivity index (χ1) is 14.4. The van der Waals surface area contributed by atoms with E-state index in [9.17, 15) is 4.79 Å². The molecule has 2 aliphatic heterocycles. The Morgan fingerprint density at radius 1 is 1.00 bits per heavy atom. The fourth-order valence-electron chi connectivity index (χ4n) is 3.90. The molecular formula is C26H30N2O2. The van der Waals surface area contributed by atoms with Gasteiger partial charge in [-0.05, 0) is 53.6 Å². The minimum absolute atomic E-state index is 0.0994. The standard InChI is InChI=1S/C26H30N2O2/c1-26(2,3)23-10-8-22(9-11-23)25(29)28-15-12-20(13-16-28)18-19-4-6-21(7-5-19)24-27-14-17-30-24/h4-11,18H,12-17H2,1-3H3. The zero-order valence-corrected chi connectivity index (χ0v) is 18.1. The molecule has 0 radical (unpaired) electrons. The number of nitrogens with zero attached hydrogens (tertiary/aromatic N) is 2. The molecule has 0 aliphatic carbocycles. The molecule has 0 spiro atoms. The van der Waals surface area contributed by atoms with E-state index in [1.54, 1.807) is 0 Å². The van der Waals surface area contributed by atoms with Crippen LogP contribution in [0.2, 0.25) is 0 Å². The minimum Gasteiger partial charge on any atom is -0.476 e. The number of carbonyl (C=O) groups is 1. The molecule has 0 bridgehead atoms. The van der Waals surface area contributed by atoms with Crippen molar-refractivity contribution < 1.29 is 9.53 Å². The Kier molecular flexibility index (Phi) is 5.76. The molecule has 0 N–H and O–H groups in total.